The molecule has 0 fully saturated rings. The molecule has 1 aromatic heterocycles. The van der Waals surface area contributed by atoms with Crippen molar-refractivity contribution in [3.63, 3.8) is 0 Å². The summed E-state index contributed by atoms with van der Waals surface area (Å²) in [5.41, 5.74) is -0.210. The van der Waals surface area contributed by atoms with Gasteiger partial charge in [0.1, 0.15) is 11.2 Å². The summed E-state index contributed by atoms with van der Waals surface area (Å²) in [6, 6.07) is 3.31. The lowest BCUT2D eigenvalue weighted by atomic mass is 10.1. The second-order valence-corrected chi connectivity index (χ2v) is 4.25. The lowest BCUT2D eigenvalue weighted by molar-refractivity contribution is -0.385. The molecule has 0 amide bonds. The smallest absolute Gasteiger partial charge is 0.272 e. The summed E-state index contributed by atoms with van der Waals surface area (Å²) in [5.74, 6) is -0.288. The summed E-state index contributed by atoms with van der Waals surface area (Å²) in [7, 11) is 0. The van der Waals surface area contributed by atoms with Crippen molar-refractivity contribution in [3.8, 4) is 11.3 Å². The maximum atomic E-state index is 13.7. The molecule has 94 valence electrons. The Kier molecular flexibility index (Phi) is 3.29. The maximum absolute atomic E-state index is 13.7. The van der Waals surface area contributed by atoms with E-state index < -0.39 is 16.1 Å². The van der Waals surface area contributed by atoms with Gasteiger partial charge in [-0.05, 0) is 13.0 Å². The fourth-order valence-corrected chi connectivity index (χ4v) is 1.51. The van der Waals surface area contributed by atoms with Crippen LogP contribution in [0.2, 0.25) is 0 Å². The van der Waals surface area contributed by atoms with E-state index in [9.17, 15) is 14.5 Å². The average molecular weight is 271 g/mol. The zero-order valence-electron chi connectivity index (χ0n) is 9.26. The molecule has 0 saturated heterocycles. The molecule has 5 nitrogen and oxygen atoms in total. The van der Waals surface area contributed by atoms with E-state index in [0.29, 0.717) is 0 Å². The second kappa shape index (κ2) is 4.73. The van der Waals surface area contributed by atoms with Crippen molar-refractivity contribution in [2.45, 2.75) is 12.3 Å². The Bertz CT molecular complexity index is 598. The van der Waals surface area contributed by atoms with Gasteiger partial charge in [0.2, 0.25) is 5.89 Å². The summed E-state index contributed by atoms with van der Waals surface area (Å²) < 4.78 is 18.9. The minimum atomic E-state index is -0.742. The monoisotopic (exact) mass is 270 g/mol. The molecule has 7 heteroatoms. The molecular weight excluding hydrogens is 263 g/mol. The quantitative estimate of drug-likeness (QED) is 0.484. The van der Waals surface area contributed by atoms with E-state index in [1.54, 1.807) is 6.92 Å². The molecule has 0 aliphatic rings. The number of alkyl halides is 1. The molecule has 18 heavy (non-hydrogen) atoms. The molecule has 1 heterocycles. The normalized spacial score (nSPS) is 12.4. The van der Waals surface area contributed by atoms with E-state index >= 15 is 0 Å². The third-order valence-corrected chi connectivity index (χ3v) is 2.48. The molecule has 0 aliphatic carbocycles. The summed E-state index contributed by atoms with van der Waals surface area (Å²) in [6.07, 6.45) is 1.33. The Morgan fingerprint density at radius 2 is 2.28 bits per heavy atom. The van der Waals surface area contributed by atoms with Crippen LogP contribution < -0.4 is 0 Å². The Morgan fingerprint density at radius 1 is 1.56 bits per heavy atom. The minimum Gasteiger partial charge on any atom is -0.439 e. The lowest BCUT2D eigenvalue weighted by Crippen LogP contribution is -1.90. The molecule has 0 N–H and O–H groups in total. The number of halogens is 2. The van der Waals surface area contributed by atoms with Gasteiger partial charge < -0.3 is 4.42 Å². The average Bonchev–Trinajstić information content (AvgIpc) is 2.78. The van der Waals surface area contributed by atoms with Crippen molar-refractivity contribution >= 4 is 17.3 Å². The van der Waals surface area contributed by atoms with Crippen LogP contribution in [0.15, 0.2) is 28.8 Å². The molecule has 0 aliphatic heterocycles. The highest BCUT2D eigenvalue weighted by molar-refractivity contribution is 6.20. The van der Waals surface area contributed by atoms with Crippen molar-refractivity contribution in [2.75, 3.05) is 0 Å². The number of nitro groups is 1. The molecule has 2 rings (SSSR count). The van der Waals surface area contributed by atoms with E-state index in [0.717, 1.165) is 6.07 Å². The van der Waals surface area contributed by atoms with E-state index in [1.807, 2.05) is 0 Å². The largest absolute Gasteiger partial charge is 0.439 e. The molecule has 0 radical (unpaired) electrons. The van der Waals surface area contributed by atoms with Crippen LogP contribution in [0.4, 0.5) is 10.1 Å². The van der Waals surface area contributed by atoms with Gasteiger partial charge in [0, 0.05) is 6.07 Å². The lowest BCUT2D eigenvalue weighted by Gasteiger charge is -1.99. The van der Waals surface area contributed by atoms with Crippen molar-refractivity contribution in [1.29, 1.82) is 0 Å². The van der Waals surface area contributed by atoms with E-state index in [-0.39, 0.29) is 22.9 Å². The van der Waals surface area contributed by atoms with Gasteiger partial charge in [-0.15, -0.1) is 11.6 Å². The number of nitrogens with zero attached hydrogens (tertiary/aromatic N) is 2. The van der Waals surface area contributed by atoms with Gasteiger partial charge in [-0.2, -0.15) is 0 Å². The highest BCUT2D eigenvalue weighted by Crippen LogP contribution is 2.29. The van der Waals surface area contributed by atoms with Crippen molar-refractivity contribution < 1.29 is 13.7 Å². The topological polar surface area (TPSA) is 69.2 Å². The Balaban J connectivity index is 2.41. The minimum absolute atomic E-state index is 0.108. The molecule has 0 bridgehead atoms. The zero-order chi connectivity index (χ0) is 13.3. The predicted molar refractivity (Wildman–Crippen MR) is 62.8 cm³/mol. The number of nitro benzene ring substituents is 1. The summed E-state index contributed by atoms with van der Waals surface area (Å²) in [5, 5.41) is 10.0. The van der Waals surface area contributed by atoms with Gasteiger partial charge >= 0.3 is 0 Å². The van der Waals surface area contributed by atoms with Crippen LogP contribution in [-0.4, -0.2) is 9.91 Å². The second-order valence-electron chi connectivity index (χ2n) is 3.60. The molecule has 0 spiro atoms. The molecule has 1 atom stereocenters. The summed E-state index contributed by atoms with van der Waals surface area (Å²) in [6.45, 7) is 1.67. The third kappa shape index (κ3) is 2.33. The van der Waals surface area contributed by atoms with Crippen LogP contribution in [0.25, 0.3) is 11.3 Å². The van der Waals surface area contributed by atoms with Crippen LogP contribution in [0.3, 0.4) is 0 Å². The van der Waals surface area contributed by atoms with Crippen LogP contribution in [0.1, 0.15) is 18.2 Å². The Hall–Kier alpha value is -1.95. The van der Waals surface area contributed by atoms with Gasteiger partial charge in [-0.3, -0.25) is 10.1 Å². The number of hydrogen-bond donors (Lipinski definition) is 0. The SMILES string of the molecule is CC(Cl)c1ncc(-c2ccc([N+](=O)[O-])cc2F)o1. The van der Waals surface area contributed by atoms with Crippen LogP contribution >= 0.6 is 11.6 Å². The first-order chi connectivity index (χ1) is 8.49. The summed E-state index contributed by atoms with van der Waals surface area (Å²) >= 11 is 5.77. The van der Waals surface area contributed by atoms with Crippen LogP contribution in [0, 0.1) is 15.9 Å². The number of hydrogen-bond acceptors (Lipinski definition) is 4. The Labute approximate surface area is 106 Å². The standard InChI is InChI=1S/C11H8ClFN2O3/c1-6(12)11-14-5-10(18-11)8-3-2-7(15(16)17)4-9(8)13/h2-6H,1H3. The van der Waals surface area contributed by atoms with Gasteiger partial charge in [-0.25, -0.2) is 9.37 Å². The Morgan fingerprint density at radius 3 is 2.78 bits per heavy atom. The third-order valence-electron chi connectivity index (χ3n) is 2.29. The number of aromatic nitrogens is 1. The predicted octanol–water partition coefficient (Wildman–Crippen LogP) is 3.69. The van der Waals surface area contributed by atoms with E-state index in [1.165, 1.54) is 18.3 Å². The van der Waals surface area contributed by atoms with Crippen LogP contribution in [-0.2, 0) is 0 Å². The molecule has 1 unspecified atom stereocenters. The fraction of sp³-hybridized carbons (Fsp3) is 0.182. The van der Waals surface area contributed by atoms with Crippen molar-refractivity contribution in [1.82, 2.24) is 4.98 Å². The fourth-order valence-electron chi connectivity index (χ4n) is 1.41. The molecular formula is C11H8ClFN2O3. The van der Waals surface area contributed by atoms with E-state index in [4.69, 9.17) is 16.0 Å². The number of oxazole rings is 1. The van der Waals surface area contributed by atoms with Crippen molar-refractivity contribution in [3.05, 3.63) is 46.2 Å². The highest BCUT2D eigenvalue weighted by Gasteiger charge is 2.16. The summed E-state index contributed by atoms with van der Waals surface area (Å²) in [4.78, 5) is 13.7. The number of rotatable bonds is 3. The van der Waals surface area contributed by atoms with E-state index in [2.05, 4.69) is 4.98 Å². The van der Waals surface area contributed by atoms with Gasteiger partial charge in [-0.1, -0.05) is 0 Å². The molecule has 0 saturated carbocycles. The highest BCUT2D eigenvalue weighted by atomic mass is 35.5. The first-order valence-electron chi connectivity index (χ1n) is 5.03. The zero-order valence-corrected chi connectivity index (χ0v) is 10.0. The van der Waals surface area contributed by atoms with Gasteiger partial charge in [0.05, 0.1) is 22.7 Å². The van der Waals surface area contributed by atoms with Gasteiger partial charge in [0.15, 0.2) is 5.76 Å². The van der Waals surface area contributed by atoms with Crippen LogP contribution in [0.5, 0.6) is 0 Å². The first kappa shape index (κ1) is 12.5. The number of benzene rings is 1. The molecule has 2 aromatic rings. The van der Waals surface area contributed by atoms with Gasteiger partial charge in [0.25, 0.3) is 5.69 Å². The number of non-ortho nitro benzene ring substituents is 1. The first-order valence-corrected chi connectivity index (χ1v) is 5.47. The maximum Gasteiger partial charge on any atom is 0.272 e. The molecule has 1 aromatic carbocycles. The van der Waals surface area contributed by atoms with Crippen molar-refractivity contribution in [2.24, 2.45) is 0 Å².